The van der Waals surface area contributed by atoms with Crippen molar-refractivity contribution in [3.05, 3.63) is 59.2 Å². The van der Waals surface area contributed by atoms with Crippen molar-refractivity contribution < 1.29 is 19.4 Å². The molecule has 0 bridgehead atoms. The molecule has 5 rings (SSSR count). The minimum Gasteiger partial charge on any atom is -0.508 e. The van der Waals surface area contributed by atoms with Gasteiger partial charge < -0.3 is 15.2 Å². The van der Waals surface area contributed by atoms with Gasteiger partial charge in [0, 0.05) is 24.8 Å². The number of hydrogen-bond acceptors (Lipinski definition) is 4. The van der Waals surface area contributed by atoms with Gasteiger partial charge in [0.05, 0.1) is 7.11 Å². The molecule has 192 valence electrons. The van der Waals surface area contributed by atoms with Crippen molar-refractivity contribution in [1.82, 2.24) is 5.32 Å². The highest BCUT2D eigenvalue weighted by atomic mass is 16.5. The Morgan fingerprint density at radius 3 is 2.75 bits per heavy atom. The molecule has 36 heavy (non-hydrogen) atoms. The van der Waals surface area contributed by atoms with Crippen molar-refractivity contribution in [2.24, 2.45) is 23.2 Å². The number of rotatable bonds is 8. The van der Waals surface area contributed by atoms with Gasteiger partial charge in [-0.05, 0) is 110 Å². The molecule has 2 aromatic rings. The third-order valence-corrected chi connectivity index (χ3v) is 9.43. The smallest absolute Gasteiger partial charge is 0.220 e. The number of carbonyl (C=O) groups is 2. The second kappa shape index (κ2) is 10.3. The largest absolute Gasteiger partial charge is 0.508 e. The summed E-state index contributed by atoms with van der Waals surface area (Å²) in [6.07, 6.45) is 8.02. The van der Waals surface area contributed by atoms with E-state index in [1.807, 2.05) is 12.1 Å². The van der Waals surface area contributed by atoms with Crippen LogP contribution in [-0.2, 0) is 22.4 Å². The highest BCUT2D eigenvalue weighted by Crippen LogP contribution is 2.62. The van der Waals surface area contributed by atoms with Crippen LogP contribution in [0.3, 0.4) is 0 Å². The fraction of sp³-hybridized carbons (Fsp3) is 0.548. The van der Waals surface area contributed by atoms with Crippen molar-refractivity contribution in [2.75, 3.05) is 13.7 Å². The van der Waals surface area contributed by atoms with E-state index >= 15 is 0 Å². The van der Waals surface area contributed by atoms with Gasteiger partial charge in [-0.3, -0.25) is 9.59 Å². The van der Waals surface area contributed by atoms with Gasteiger partial charge in [-0.2, -0.15) is 0 Å². The molecule has 5 heteroatoms. The third kappa shape index (κ3) is 4.77. The molecule has 0 aromatic heterocycles. The molecule has 2 saturated carbocycles. The highest BCUT2D eigenvalue weighted by Gasteiger charge is 2.58. The maximum Gasteiger partial charge on any atom is 0.220 e. The number of aryl methyl sites for hydroxylation is 1. The van der Waals surface area contributed by atoms with E-state index in [0.717, 1.165) is 56.3 Å². The van der Waals surface area contributed by atoms with Crippen LogP contribution in [0.2, 0.25) is 0 Å². The zero-order chi connectivity index (χ0) is 25.3. The summed E-state index contributed by atoms with van der Waals surface area (Å²) in [6.45, 7) is 2.83. The van der Waals surface area contributed by atoms with Crippen LogP contribution >= 0.6 is 0 Å². The van der Waals surface area contributed by atoms with Crippen LogP contribution in [0.4, 0.5) is 0 Å². The molecule has 0 aliphatic heterocycles. The summed E-state index contributed by atoms with van der Waals surface area (Å²) in [7, 11) is 1.73. The lowest BCUT2D eigenvalue weighted by atomic mass is 9.54. The second-order valence-electron chi connectivity index (χ2n) is 11.4. The summed E-state index contributed by atoms with van der Waals surface area (Å²) in [4.78, 5) is 25.7. The van der Waals surface area contributed by atoms with E-state index in [-0.39, 0.29) is 17.1 Å². The van der Waals surface area contributed by atoms with Gasteiger partial charge in [-0.15, -0.1) is 0 Å². The molecule has 2 aromatic carbocycles. The van der Waals surface area contributed by atoms with Crippen molar-refractivity contribution in [3.8, 4) is 11.5 Å². The molecule has 5 nitrogen and oxygen atoms in total. The molecular formula is C31H39NO4. The van der Waals surface area contributed by atoms with Gasteiger partial charge >= 0.3 is 0 Å². The molecule has 2 fully saturated rings. The average molecular weight is 490 g/mol. The van der Waals surface area contributed by atoms with Gasteiger partial charge in [-0.1, -0.05) is 25.1 Å². The number of methoxy groups -OCH3 is 1. The summed E-state index contributed by atoms with van der Waals surface area (Å²) in [6, 6.07) is 13.7. The summed E-state index contributed by atoms with van der Waals surface area (Å²) < 4.78 is 5.46. The number of fused-ring (bicyclic) bond motifs is 5. The van der Waals surface area contributed by atoms with E-state index < -0.39 is 0 Å². The molecule has 0 radical (unpaired) electrons. The molecule has 2 N–H and O–H groups in total. The Bertz CT molecular complexity index is 1110. The molecular weight excluding hydrogens is 450 g/mol. The first-order valence-electron chi connectivity index (χ1n) is 13.6. The van der Waals surface area contributed by atoms with Crippen LogP contribution in [-0.4, -0.2) is 30.5 Å². The molecule has 5 atom stereocenters. The number of phenols is 1. The molecule has 0 heterocycles. The van der Waals surface area contributed by atoms with Crippen molar-refractivity contribution in [3.63, 3.8) is 0 Å². The van der Waals surface area contributed by atoms with Crippen molar-refractivity contribution in [1.29, 1.82) is 0 Å². The first kappa shape index (κ1) is 24.9. The van der Waals surface area contributed by atoms with Crippen LogP contribution in [0.1, 0.15) is 74.5 Å². The Labute approximate surface area is 214 Å². The number of aromatic hydroxyl groups is 1. The Morgan fingerprint density at radius 2 is 1.97 bits per heavy atom. The van der Waals surface area contributed by atoms with Crippen molar-refractivity contribution >= 4 is 11.7 Å². The minimum atomic E-state index is -0.192. The van der Waals surface area contributed by atoms with E-state index in [0.29, 0.717) is 48.8 Å². The van der Waals surface area contributed by atoms with Crippen LogP contribution in [0.25, 0.3) is 0 Å². The monoisotopic (exact) mass is 489 g/mol. The number of amides is 1. The topological polar surface area (TPSA) is 75.6 Å². The quantitative estimate of drug-likeness (QED) is 0.507. The number of hydrogen-bond donors (Lipinski definition) is 2. The lowest BCUT2D eigenvalue weighted by Gasteiger charge is -2.50. The second-order valence-corrected chi connectivity index (χ2v) is 11.4. The summed E-state index contributed by atoms with van der Waals surface area (Å²) >= 11 is 0. The first-order chi connectivity index (χ1) is 17.4. The Balaban J connectivity index is 1.18. The highest BCUT2D eigenvalue weighted by molar-refractivity contribution is 5.87. The maximum absolute atomic E-state index is 13.2. The number of carbonyl (C=O) groups excluding carboxylic acids is 2. The molecule has 3 aliphatic rings. The number of phenolic OH excluding ortho intramolecular Hbond substituents is 1. The van der Waals surface area contributed by atoms with Crippen LogP contribution in [0.15, 0.2) is 42.5 Å². The maximum atomic E-state index is 13.2. The van der Waals surface area contributed by atoms with Gasteiger partial charge in [0.1, 0.15) is 17.3 Å². The zero-order valence-electron chi connectivity index (χ0n) is 21.6. The zero-order valence-corrected chi connectivity index (χ0v) is 21.6. The van der Waals surface area contributed by atoms with E-state index in [2.05, 4.69) is 30.4 Å². The summed E-state index contributed by atoms with van der Waals surface area (Å²) in [5.41, 5.74) is 3.79. The number of benzene rings is 2. The lowest BCUT2D eigenvalue weighted by Crippen LogP contribution is -2.44. The van der Waals surface area contributed by atoms with Gasteiger partial charge in [0.25, 0.3) is 0 Å². The Kier molecular flexibility index (Phi) is 7.09. The van der Waals surface area contributed by atoms with E-state index in [4.69, 9.17) is 4.74 Å². The van der Waals surface area contributed by atoms with Gasteiger partial charge in [-0.25, -0.2) is 0 Å². The molecule has 3 unspecified atom stereocenters. The predicted octanol–water partition coefficient (Wildman–Crippen LogP) is 5.58. The predicted molar refractivity (Wildman–Crippen MR) is 140 cm³/mol. The minimum absolute atomic E-state index is 0.0860. The molecule has 3 aliphatic carbocycles. The average Bonchev–Trinajstić information content (AvgIpc) is 3.14. The number of nitrogens with one attached hydrogen (secondary N) is 1. The number of Topliss-reactive ketones (excluding diaryl/α,β-unsaturated/α-hetero) is 1. The van der Waals surface area contributed by atoms with Crippen LogP contribution < -0.4 is 10.1 Å². The molecule has 0 saturated heterocycles. The number of ketones is 1. The summed E-state index contributed by atoms with van der Waals surface area (Å²) in [5, 5.41) is 12.4. The molecule has 0 spiro atoms. The van der Waals surface area contributed by atoms with Crippen LogP contribution in [0, 0.1) is 23.2 Å². The Hall–Kier alpha value is -2.82. The normalized spacial score (nSPS) is 28.7. The molecule has 1 amide bonds. The standard InChI is InChI=1S/C31H39NO4/c1-31-16-14-26-25-13-11-24(36-2)18-21(25)8-12-27(26)30(31)22(19-28(31)34)4-3-5-29(35)32-17-15-20-6-9-23(33)10-7-20/h6-7,9-11,13,18,22,26-27,30,33H,3-5,8,12,14-17,19H2,1-2H3,(H,32,35)/t22-,26?,27?,30?,31-/m1/s1. The fourth-order valence-corrected chi connectivity index (χ4v) is 7.63. The fourth-order valence-electron chi connectivity index (χ4n) is 7.63. The lowest BCUT2D eigenvalue weighted by molar-refractivity contribution is -0.129. The van der Waals surface area contributed by atoms with E-state index in [1.54, 1.807) is 19.2 Å². The summed E-state index contributed by atoms with van der Waals surface area (Å²) in [5.74, 6) is 3.64. The van der Waals surface area contributed by atoms with Crippen LogP contribution in [0.5, 0.6) is 11.5 Å². The Morgan fingerprint density at radius 1 is 1.17 bits per heavy atom. The third-order valence-electron chi connectivity index (χ3n) is 9.43. The van der Waals surface area contributed by atoms with Gasteiger partial charge in [0.15, 0.2) is 0 Å². The number of ether oxygens (including phenoxy) is 1. The van der Waals surface area contributed by atoms with E-state index in [1.165, 1.54) is 11.1 Å². The van der Waals surface area contributed by atoms with Gasteiger partial charge in [0.2, 0.25) is 5.91 Å². The van der Waals surface area contributed by atoms with E-state index in [9.17, 15) is 14.7 Å². The first-order valence-corrected chi connectivity index (χ1v) is 13.6. The SMILES string of the molecule is COc1ccc2c(c1)CCC1C2CC[C@]2(C)C(=O)C[C@@H](CCCC(=O)NCCc3ccc(O)cc3)C12. The van der Waals surface area contributed by atoms with Crippen molar-refractivity contribution in [2.45, 2.75) is 70.6 Å².